The fourth-order valence-corrected chi connectivity index (χ4v) is 5.39. The van der Waals surface area contributed by atoms with Crippen molar-refractivity contribution < 1.29 is 17.9 Å². The maximum Gasteiger partial charge on any atom is 0.252 e. The van der Waals surface area contributed by atoms with E-state index in [0.29, 0.717) is 23.8 Å². The number of thiophene rings is 1. The molecule has 0 aliphatic carbocycles. The van der Waals surface area contributed by atoms with E-state index >= 15 is 0 Å². The summed E-state index contributed by atoms with van der Waals surface area (Å²) >= 11 is 1.23. The van der Waals surface area contributed by atoms with Crippen LogP contribution in [0.25, 0.3) is 0 Å². The first-order valence-corrected chi connectivity index (χ1v) is 8.54. The van der Waals surface area contributed by atoms with Crippen molar-refractivity contribution in [1.29, 1.82) is 0 Å². The molecular formula is C12H20N2O4S2. The molecule has 114 valence electrons. The molecule has 1 aromatic heterocycles. The lowest BCUT2D eigenvalue weighted by Crippen LogP contribution is -2.29. The maximum atomic E-state index is 12.6. The van der Waals surface area contributed by atoms with Crippen molar-refractivity contribution in [1.82, 2.24) is 4.31 Å². The van der Waals surface area contributed by atoms with Gasteiger partial charge in [-0.05, 0) is 18.6 Å². The highest BCUT2D eigenvalue weighted by atomic mass is 32.2. The van der Waals surface area contributed by atoms with Crippen molar-refractivity contribution in [3.63, 3.8) is 0 Å². The monoisotopic (exact) mass is 320 g/mol. The summed E-state index contributed by atoms with van der Waals surface area (Å²) in [5.41, 5.74) is 6.53. The molecule has 1 aromatic rings. The summed E-state index contributed by atoms with van der Waals surface area (Å²) in [4.78, 5) is 0.898. The fraction of sp³-hybridized carbons (Fsp3) is 0.667. The molecule has 2 atom stereocenters. The number of methoxy groups -OCH3 is 2. The van der Waals surface area contributed by atoms with Crippen LogP contribution in [0.5, 0.6) is 0 Å². The van der Waals surface area contributed by atoms with Gasteiger partial charge in [-0.25, -0.2) is 8.42 Å². The topological polar surface area (TPSA) is 81.9 Å². The molecule has 2 unspecified atom stereocenters. The highest BCUT2D eigenvalue weighted by Crippen LogP contribution is 2.30. The molecule has 1 saturated heterocycles. The van der Waals surface area contributed by atoms with Crippen LogP contribution < -0.4 is 5.73 Å². The van der Waals surface area contributed by atoms with E-state index in [2.05, 4.69) is 0 Å². The molecule has 2 N–H and O–H groups in total. The Balaban J connectivity index is 2.27. The molecule has 1 aliphatic rings. The van der Waals surface area contributed by atoms with Crippen molar-refractivity contribution in [2.24, 2.45) is 5.73 Å². The molecule has 2 rings (SSSR count). The minimum atomic E-state index is -3.50. The Morgan fingerprint density at radius 1 is 1.35 bits per heavy atom. The lowest BCUT2D eigenvalue weighted by molar-refractivity contribution is -0.00461. The van der Waals surface area contributed by atoms with Crippen LogP contribution in [-0.2, 0) is 26.0 Å². The molecule has 20 heavy (non-hydrogen) atoms. The van der Waals surface area contributed by atoms with Gasteiger partial charge in [0.15, 0.2) is 0 Å². The van der Waals surface area contributed by atoms with Gasteiger partial charge < -0.3 is 15.2 Å². The second-order valence-corrected chi connectivity index (χ2v) is 8.05. The van der Waals surface area contributed by atoms with Crippen molar-refractivity contribution in [2.45, 2.75) is 29.9 Å². The van der Waals surface area contributed by atoms with Crippen LogP contribution in [0.2, 0.25) is 0 Å². The summed E-state index contributed by atoms with van der Waals surface area (Å²) in [6, 6.07) is 1.68. The van der Waals surface area contributed by atoms with Gasteiger partial charge in [0.05, 0.1) is 12.2 Å². The Kier molecular flexibility index (Phi) is 4.83. The molecule has 0 aromatic carbocycles. The van der Waals surface area contributed by atoms with Gasteiger partial charge in [-0.2, -0.15) is 4.31 Å². The normalized spacial score (nSPS) is 24.4. The van der Waals surface area contributed by atoms with E-state index in [1.54, 1.807) is 20.3 Å². The molecule has 2 heterocycles. The standard InChI is InChI=1S/C12H20N2O4S2/c1-8-4-12(19-11(8)5-13)20(15,16)14-6-9(17-2)10(7-14)18-3/h4,9-10H,5-7,13H2,1-3H3. The number of aryl methyl sites for hydroxylation is 1. The summed E-state index contributed by atoms with van der Waals surface area (Å²) in [7, 11) is -0.372. The van der Waals surface area contributed by atoms with E-state index in [4.69, 9.17) is 15.2 Å². The van der Waals surface area contributed by atoms with E-state index < -0.39 is 10.0 Å². The maximum absolute atomic E-state index is 12.6. The van der Waals surface area contributed by atoms with Crippen LogP contribution in [0.4, 0.5) is 0 Å². The summed E-state index contributed by atoms with van der Waals surface area (Å²) in [5.74, 6) is 0. The molecule has 1 fully saturated rings. The SMILES string of the molecule is COC1CN(S(=O)(=O)c2cc(C)c(CN)s2)CC1OC. The number of nitrogens with two attached hydrogens (primary N) is 1. The van der Waals surface area contributed by atoms with Crippen molar-refractivity contribution >= 4 is 21.4 Å². The molecular weight excluding hydrogens is 300 g/mol. The van der Waals surface area contributed by atoms with E-state index in [-0.39, 0.29) is 12.2 Å². The number of nitrogens with zero attached hydrogens (tertiary/aromatic N) is 1. The third-order valence-corrected chi connectivity index (χ3v) is 7.11. The largest absolute Gasteiger partial charge is 0.377 e. The second kappa shape index (κ2) is 6.08. The summed E-state index contributed by atoms with van der Waals surface area (Å²) in [6.07, 6.45) is -0.463. The van der Waals surface area contributed by atoms with Gasteiger partial charge in [0.1, 0.15) is 4.21 Å². The van der Waals surface area contributed by atoms with Crippen LogP contribution in [0.1, 0.15) is 10.4 Å². The highest BCUT2D eigenvalue weighted by molar-refractivity contribution is 7.91. The Morgan fingerprint density at radius 2 is 1.90 bits per heavy atom. The average Bonchev–Trinajstić information content (AvgIpc) is 3.01. The first-order chi connectivity index (χ1) is 9.43. The van der Waals surface area contributed by atoms with Gasteiger partial charge in [-0.15, -0.1) is 11.3 Å². The van der Waals surface area contributed by atoms with E-state index in [9.17, 15) is 8.42 Å². The van der Waals surface area contributed by atoms with Gasteiger partial charge in [0, 0.05) is 38.7 Å². The van der Waals surface area contributed by atoms with Gasteiger partial charge >= 0.3 is 0 Å². The molecule has 0 radical (unpaired) electrons. The molecule has 0 bridgehead atoms. The van der Waals surface area contributed by atoms with Gasteiger partial charge in [0.25, 0.3) is 10.0 Å². The number of rotatable bonds is 5. The van der Waals surface area contributed by atoms with E-state index in [0.717, 1.165) is 10.4 Å². The molecule has 1 aliphatic heterocycles. The van der Waals surface area contributed by atoms with E-state index in [1.165, 1.54) is 15.6 Å². The average molecular weight is 320 g/mol. The summed E-state index contributed by atoms with van der Waals surface area (Å²) in [6.45, 7) is 2.85. The second-order valence-electron chi connectivity index (χ2n) is 4.75. The van der Waals surface area contributed by atoms with Gasteiger partial charge in [-0.3, -0.25) is 0 Å². The Morgan fingerprint density at radius 3 is 2.30 bits per heavy atom. The predicted octanol–water partition coefficient (Wildman–Crippen LogP) is 0.550. The lowest BCUT2D eigenvalue weighted by atomic mass is 10.3. The Hall–Kier alpha value is -0.510. The lowest BCUT2D eigenvalue weighted by Gasteiger charge is -2.14. The summed E-state index contributed by atoms with van der Waals surface area (Å²) < 4.78 is 37.6. The van der Waals surface area contributed by atoms with E-state index in [1.807, 2.05) is 6.92 Å². The Bertz CT molecular complexity index is 558. The number of sulfonamides is 1. The third-order valence-electron chi connectivity index (χ3n) is 3.56. The quantitative estimate of drug-likeness (QED) is 0.857. The van der Waals surface area contributed by atoms with Crippen LogP contribution in [0.15, 0.2) is 10.3 Å². The predicted molar refractivity (Wildman–Crippen MR) is 77.3 cm³/mol. The summed E-state index contributed by atoms with van der Waals surface area (Å²) in [5, 5.41) is 0. The van der Waals surface area contributed by atoms with Crippen molar-refractivity contribution in [3.05, 3.63) is 16.5 Å². The Labute approximate surface area is 123 Å². The zero-order valence-corrected chi connectivity index (χ0v) is 13.5. The molecule has 0 spiro atoms. The highest BCUT2D eigenvalue weighted by Gasteiger charge is 2.40. The molecule has 0 amide bonds. The number of ether oxygens (including phenoxy) is 2. The van der Waals surface area contributed by atoms with Gasteiger partial charge in [0.2, 0.25) is 0 Å². The minimum Gasteiger partial charge on any atom is -0.377 e. The van der Waals surface area contributed by atoms with Crippen molar-refractivity contribution in [2.75, 3.05) is 27.3 Å². The number of hydrogen-bond acceptors (Lipinski definition) is 6. The third kappa shape index (κ3) is 2.76. The van der Waals surface area contributed by atoms with Crippen LogP contribution >= 0.6 is 11.3 Å². The van der Waals surface area contributed by atoms with Crippen molar-refractivity contribution in [3.8, 4) is 0 Å². The van der Waals surface area contributed by atoms with Crippen LogP contribution in [0, 0.1) is 6.92 Å². The fourth-order valence-electron chi connectivity index (χ4n) is 2.31. The van der Waals surface area contributed by atoms with Gasteiger partial charge in [-0.1, -0.05) is 0 Å². The first kappa shape index (κ1) is 15.9. The zero-order chi connectivity index (χ0) is 14.9. The minimum absolute atomic E-state index is 0.232. The zero-order valence-electron chi connectivity index (χ0n) is 11.8. The van der Waals surface area contributed by atoms with Crippen LogP contribution in [0.3, 0.4) is 0 Å². The smallest absolute Gasteiger partial charge is 0.252 e. The first-order valence-electron chi connectivity index (χ1n) is 6.29. The molecule has 0 saturated carbocycles. The van der Waals surface area contributed by atoms with Crippen LogP contribution in [-0.4, -0.2) is 52.2 Å². The number of hydrogen-bond donors (Lipinski definition) is 1. The molecule has 8 heteroatoms. The molecule has 6 nitrogen and oxygen atoms in total.